The van der Waals surface area contributed by atoms with Crippen LogP contribution >= 0.6 is 0 Å². The Kier molecular flexibility index (Phi) is 19.4. The van der Waals surface area contributed by atoms with Gasteiger partial charge < -0.3 is 15.3 Å². The Morgan fingerprint density at radius 3 is 1.90 bits per heavy atom. The molecule has 230 valence electrons. The van der Waals surface area contributed by atoms with Crippen LogP contribution in [0.1, 0.15) is 164 Å². The van der Waals surface area contributed by atoms with Crippen LogP contribution in [0.3, 0.4) is 0 Å². The monoisotopic (exact) mass is 556 g/mol. The Hall–Kier alpha value is -1.39. The average molecular weight is 557 g/mol. The summed E-state index contributed by atoms with van der Waals surface area (Å²) in [7, 11) is 4.06. The molecule has 40 heavy (non-hydrogen) atoms. The number of nitrogens with zero attached hydrogens (tertiary/aromatic N) is 1. The Morgan fingerprint density at radius 2 is 1.38 bits per heavy atom. The maximum atomic E-state index is 12.9. The molecule has 1 amide bonds. The number of carbonyl (C=O) groups is 1. The van der Waals surface area contributed by atoms with E-state index < -0.39 is 0 Å². The lowest BCUT2D eigenvalue weighted by Crippen LogP contribution is -2.39. The van der Waals surface area contributed by atoms with Crippen molar-refractivity contribution in [3.63, 3.8) is 0 Å². The number of rotatable bonds is 23. The van der Waals surface area contributed by atoms with E-state index in [0.717, 1.165) is 57.9 Å². The zero-order valence-electron chi connectivity index (χ0n) is 26.7. The number of aliphatic hydroxyl groups is 1. The van der Waals surface area contributed by atoms with Gasteiger partial charge >= 0.3 is 0 Å². The number of unbranched alkanes of at least 4 members (excludes halogenated alkanes) is 14. The maximum Gasteiger partial charge on any atom is 0.222 e. The molecule has 0 saturated heterocycles. The molecule has 1 aliphatic rings. The number of benzene rings is 1. The second-order valence-electron chi connectivity index (χ2n) is 12.6. The summed E-state index contributed by atoms with van der Waals surface area (Å²) in [6, 6.07) is 7.32. The number of hydrogen-bond acceptors (Lipinski definition) is 3. The van der Waals surface area contributed by atoms with E-state index in [4.69, 9.17) is 0 Å². The second-order valence-corrected chi connectivity index (χ2v) is 12.6. The number of hydrogen-bond donors (Lipinski definition) is 2. The molecule has 1 fully saturated rings. The third-order valence-corrected chi connectivity index (χ3v) is 9.27. The van der Waals surface area contributed by atoms with E-state index in [1.165, 1.54) is 107 Å². The van der Waals surface area contributed by atoms with Crippen LogP contribution in [-0.4, -0.2) is 42.7 Å². The molecule has 0 aromatic heterocycles. The van der Waals surface area contributed by atoms with Crippen molar-refractivity contribution in [3.8, 4) is 0 Å². The largest absolute Gasteiger partial charge is 0.396 e. The maximum absolute atomic E-state index is 12.9. The molecule has 0 radical (unpaired) electrons. The van der Waals surface area contributed by atoms with Gasteiger partial charge in [-0.3, -0.25) is 4.79 Å². The van der Waals surface area contributed by atoms with Gasteiger partial charge in [-0.1, -0.05) is 115 Å². The normalized spacial score (nSPS) is 17.3. The fourth-order valence-corrected chi connectivity index (χ4v) is 6.64. The molecule has 0 spiro atoms. The number of nitrogens with one attached hydrogen (secondary N) is 1. The molecule has 0 heterocycles. The SMILES string of the molecule is CCCCCCCCCCCCCCCCCC(=O)N(C)C1CCC(c2ccc(CCCO)cc2CNC)CC1. The number of amides is 1. The molecule has 0 atom stereocenters. The van der Waals surface area contributed by atoms with E-state index in [0.29, 0.717) is 17.9 Å². The van der Waals surface area contributed by atoms with Crippen LogP contribution in [0.25, 0.3) is 0 Å². The van der Waals surface area contributed by atoms with E-state index >= 15 is 0 Å². The first-order chi connectivity index (χ1) is 19.6. The number of aliphatic hydroxyl groups excluding tert-OH is 1. The van der Waals surface area contributed by atoms with Crippen molar-refractivity contribution in [2.75, 3.05) is 20.7 Å². The van der Waals surface area contributed by atoms with Crippen LogP contribution in [0, 0.1) is 0 Å². The Labute approximate surface area is 248 Å². The highest BCUT2D eigenvalue weighted by molar-refractivity contribution is 5.76. The quantitative estimate of drug-likeness (QED) is 0.132. The number of carbonyl (C=O) groups excluding carboxylic acids is 1. The number of aryl methyl sites for hydroxylation is 1. The van der Waals surface area contributed by atoms with Crippen molar-refractivity contribution in [1.29, 1.82) is 0 Å². The molecule has 2 rings (SSSR count). The highest BCUT2D eigenvalue weighted by Gasteiger charge is 2.28. The van der Waals surface area contributed by atoms with Gasteiger partial charge in [0.2, 0.25) is 5.91 Å². The highest BCUT2D eigenvalue weighted by Crippen LogP contribution is 2.36. The minimum Gasteiger partial charge on any atom is -0.396 e. The molecule has 1 aromatic rings. The van der Waals surface area contributed by atoms with Gasteiger partial charge in [0.15, 0.2) is 0 Å². The lowest BCUT2D eigenvalue weighted by Gasteiger charge is -2.35. The first kappa shape index (κ1) is 34.8. The molecule has 1 saturated carbocycles. The summed E-state index contributed by atoms with van der Waals surface area (Å²) in [5.41, 5.74) is 4.20. The Morgan fingerprint density at radius 1 is 0.825 bits per heavy atom. The average Bonchev–Trinajstić information content (AvgIpc) is 2.98. The molecule has 0 aliphatic heterocycles. The van der Waals surface area contributed by atoms with E-state index in [1.54, 1.807) is 0 Å². The standard InChI is InChI=1S/C36H64N2O2/c1-4-5-6-7-8-9-10-11-12-13-14-15-16-17-18-21-36(40)38(3)34-25-23-32(24-26-34)35-27-22-31(20-19-28-39)29-33(35)30-37-2/h22,27,29,32,34,37,39H,4-21,23-26,28,30H2,1-3H3. The molecule has 0 bridgehead atoms. The van der Waals surface area contributed by atoms with Gasteiger partial charge in [0.1, 0.15) is 0 Å². The van der Waals surface area contributed by atoms with Crippen molar-refractivity contribution in [2.45, 2.75) is 167 Å². The van der Waals surface area contributed by atoms with Crippen LogP contribution in [0.15, 0.2) is 18.2 Å². The minimum atomic E-state index is 0.249. The van der Waals surface area contributed by atoms with Crippen molar-refractivity contribution >= 4 is 5.91 Å². The van der Waals surface area contributed by atoms with E-state index in [9.17, 15) is 9.90 Å². The van der Waals surface area contributed by atoms with Crippen molar-refractivity contribution in [3.05, 3.63) is 34.9 Å². The predicted octanol–water partition coefficient (Wildman–Crippen LogP) is 9.08. The summed E-state index contributed by atoms with van der Waals surface area (Å²) in [4.78, 5) is 15.0. The molecule has 1 aromatic carbocycles. The Bertz CT molecular complexity index is 772. The van der Waals surface area contributed by atoms with E-state index in [-0.39, 0.29) is 6.61 Å². The van der Waals surface area contributed by atoms with Crippen LogP contribution in [0.5, 0.6) is 0 Å². The zero-order chi connectivity index (χ0) is 28.8. The van der Waals surface area contributed by atoms with Crippen molar-refractivity contribution < 1.29 is 9.90 Å². The zero-order valence-corrected chi connectivity index (χ0v) is 26.7. The van der Waals surface area contributed by atoms with Gasteiger partial charge in [-0.2, -0.15) is 0 Å². The van der Waals surface area contributed by atoms with Gasteiger partial charge in [-0.25, -0.2) is 0 Å². The van der Waals surface area contributed by atoms with Crippen LogP contribution in [0.4, 0.5) is 0 Å². The Balaban J connectivity index is 1.55. The third-order valence-electron chi connectivity index (χ3n) is 9.27. The highest BCUT2D eigenvalue weighted by atomic mass is 16.2. The van der Waals surface area contributed by atoms with Crippen molar-refractivity contribution in [1.82, 2.24) is 10.2 Å². The summed E-state index contributed by atoms with van der Waals surface area (Å²) in [6.07, 6.45) is 27.4. The van der Waals surface area contributed by atoms with Gasteiger partial charge in [-0.15, -0.1) is 0 Å². The molecule has 4 nitrogen and oxygen atoms in total. The molecular weight excluding hydrogens is 492 g/mol. The van der Waals surface area contributed by atoms with Gasteiger partial charge in [0.05, 0.1) is 0 Å². The molecule has 2 N–H and O–H groups in total. The smallest absolute Gasteiger partial charge is 0.222 e. The summed E-state index contributed by atoms with van der Waals surface area (Å²) >= 11 is 0. The second kappa shape index (κ2) is 22.2. The topological polar surface area (TPSA) is 52.6 Å². The van der Waals surface area contributed by atoms with Gasteiger partial charge in [-0.05, 0) is 74.6 Å². The minimum absolute atomic E-state index is 0.249. The predicted molar refractivity (Wildman–Crippen MR) is 172 cm³/mol. The molecular formula is C36H64N2O2. The van der Waals surface area contributed by atoms with Crippen LogP contribution in [-0.2, 0) is 17.8 Å². The van der Waals surface area contributed by atoms with Crippen molar-refractivity contribution in [2.24, 2.45) is 0 Å². The fraction of sp³-hybridized carbons (Fsp3) is 0.806. The summed E-state index contributed by atoms with van der Waals surface area (Å²) in [6.45, 7) is 3.43. The van der Waals surface area contributed by atoms with Crippen LogP contribution < -0.4 is 5.32 Å². The van der Waals surface area contributed by atoms with Gasteiger partial charge in [0, 0.05) is 32.7 Å². The molecule has 0 unspecified atom stereocenters. The lowest BCUT2D eigenvalue weighted by atomic mass is 9.79. The third kappa shape index (κ3) is 14.0. The summed E-state index contributed by atoms with van der Waals surface area (Å²) in [5.74, 6) is 0.938. The fourth-order valence-electron chi connectivity index (χ4n) is 6.64. The van der Waals surface area contributed by atoms with Gasteiger partial charge in [0.25, 0.3) is 0 Å². The lowest BCUT2D eigenvalue weighted by molar-refractivity contribution is -0.132. The van der Waals surface area contributed by atoms with E-state index in [2.05, 4.69) is 35.3 Å². The van der Waals surface area contributed by atoms with E-state index in [1.807, 2.05) is 14.1 Å². The summed E-state index contributed by atoms with van der Waals surface area (Å²) < 4.78 is 0. The molecule has 4 heteroatoms. The summed E-state index contributed by atoms with van der Waals surface area (Å²) in [5, 5.41) is 12.5. The molecule has 1 aliphatic carbocycles. The first-order valence-corrected chi connectivity index (χ1v) is 17.2. The first-order valence-electron chi connectivity index (χ1n) is 17.2. The van der Waals surface area contributed by atoms with Crippen LogP contribution in [0.2, 0.25) is 0 Å².